The number of hydrogen-bond acceptors (Lipinski definition) is 3. The fraction of sp³-hybridized carbons (Fsp3) is 0.389. The van der Waals surface area contributed by atoms with Gasteiger partial charge in [-0.15, -0.1) is 0 Å². The molecule has 1 unspecified atom stereocenters. The van der Waals surface area contributed by atoms with Gasteiger partial charge >= 0.3 is 0 Å². The number of amides is 2. The van der Waals surface area contributed by atoms with E-state index < -0.39 is 5.91 Å². The lowest BCUT2D eigenvalue weighted by Crippen LogP contribution is -2.44. The van der Waals surface area contributed by atoms with Crippen molar-refractivity contribution in [2.45, 2.75) is 26.3 Å². The highest BCUT2D eigenvalue weighted by Gasteiger charge is 2.31. The Labute approximate surface area is 155 Å². The minimum atomic E-state index is -0.391. The van der Waals surface area contributed by atoms with Gasteiger partial charge in [0.2, 0.25) is 5.91 Å². The van der Waals surface area contributed by atoms with Gasteiger partial charge in [0.25, 0.3) is 5.91 Å². The average Bonchev–Trinajstić information content (AvgIpc) is 2.90. The molecule has 8 heteroatoms. The minimum absolute atomic E-state index is 0.234. The zero-order valence-electron chi connectivity index (χ0n) is 14.4. The molecule has 2 heterocycles. The van der Waals surface area contributed by atoms with Crippen molar-refractivity contribution in [3.8, 4) is 0 Å². The number of nitrogens with two attached hydrogens (primary N) is 1. The molecule has 0 bridgehead atoms. The summed E-state index contributed by atoms with van der Waals surface area (Å²) in [6, 6.07) is 6.02. The van der Waals surface area contributed by atoms with E-state index in [4.69, 9.17) is 17.3 Å². The number of primary amides is 1. The molecule has 26 heavy (non-hydrogen) atoms. The van der Waals surface area contributed by atoms with Gasteiger partial charge in [0.1, 0.15) is 11.0 Å². The molecule has 1 fully saturated rings. The predicted octanol–water partition coefficient (Wildman–Crippen LogP) is 2.37. The quantitative estimate of drug-likeness (QED) is 0.886. The van der Waals surface area contributed by atoms with Crippen molar-refractivity contribution in [2.24, 2.45) is 11.7 Å². The smallest absolute Gasteiger partial charge is 0.258 e. The number of hydrogen-bond donors (Lipinski definition) is 1. The summed E-state index contributed by atoms with van der Waals surface area (Å²) in [5, 5.41) is 4.58. The molecule has 0 saturated carbocycles. The largest absolute Gasteiger partial charge is 0.369 e. The molecule has 1 aromatic heterocycles. The summed E-state index contributed by atoms with van der Waals surface area (Å²) >= 11 is 6.41. The maximum atomic E-state index is 13.0. The molecule has 1 aliphatic heterocycles. The summed E-state index contributed by atoms with van der Waals surface area (Å²) in [7, 11) is 0. The van der Waals surface area contributed by atoms with Crippen molar-refractivity contribution in [1.82, 2.24) is 14.7 Å². The van der Waals surface area contributed by atoms with Gasteiger partial charge in [-0.3, -0.25) is 9.59 Å². The maximum Gasteiger partial charge on any atom is 0.258 e. The van der Waals surface area contributed by atoms with E-state index in [0.29, 0.717) is 37.3 Å². The van der Waals surface area contributed by atoms with E-state index in [9.17, 15) is 14.0 Å². The summed E-state index contributed by atoms with van der Waals surface area (Å²) in [4.78, 5) is 26.0. The fourth-order valence-corrected chi connectivity index (χ4v) is 3.53. The molecule has 3 rings (SSSR count). The number of likely N-dealkylation sites (tertiary alicyclic amines) is 1. The first kappa shape index (κ1) is 18.4. The van der Waals surface area contributed by atoms with Crippen LogP contribution in [0.1, 0.15) is 34.5 Å². The molecule has 0 aliphatic carbocycles. The summed E-state index contributed by atoms with van der Waals surface area (Å²) in [5.41, 5.74) is 7.05. The first-order valence-electron chi connectivity index (χ1n) is 8.42. The van der Waals surface area contributed by atoms with E-state index in [2.05, 4.69) is 5.10 Å². The first-order chi connectivity index (χ1) is 12.4. The highest BCUT2D eigenvalue weighted by atomic mass is 35.5. The fourth-order valence-electron chi connectivity index (χ4n) is 3.22. The van der Waals surface area contributed by atoms with Crippen LogP contribution in [-0.2, 0) is 11.3 Å². The van der Waals surface area contributed by atoms with Crippen LogP contribution in [0.3, 0.4) is 0 Å². The summed E-state index contributed by atoms with van der Waals surface area (Å²) in [6.45, 7) is 2.90. The first-order valence-corrected chi connectivity index (χ1v) is 8.80. The SMILES string of the molecule is Cc1nn(Cc2ccc(F)cc2)c(Cl)c1C(=O)N1CCCC(C(N)=O)C1. The van der Waals surface area contributed by atoms with Crippen molar-refractivity contribution in [3.05, 3.63) is 52.1 Å². The Morgan fingerprint density at radius 2 is 2.04 bits per heavy atom. The van der Waals surface area contributed by atoms with Crippen LogP contribution in [0.2, 0.25) is 5.15 Å². The molecule has 138 valence electrons. The van der Waals surface area contributed by atoms with Crippen LogP contribution in [0.15, 0.2) is 24.3 Å². The van der Waals surface area contributed by atoms with Gasteiger partial charge in [-0.25, -0.2) is 9.07 Å². The lowest BCUT2D eigenvalue weighted by Gasteiger charge is -2.31. The van der Waals surface area contributed by atoms with Crippen molar-refractivity contribution in [2.75, 3.05) is 13.1 Å². The van der Waals surface area contributed by atoms with Gasteiger partial charge < -0.3 is 10.6 Å². The Hall–Kier alpha value is -2.41. The predicted molar refractivity (Wildman–Crippen MR) is 95.3 cm³/mol. The third kappa shape index (κ3) is 3.72. The zero-order chi connectivity index (χ0) is 18.8. The van der Waals surface area contributed by atoms with E-state index in [-0.39, 0.29) is 22.8 Å². The van der Waals surface area contributed by atoms with Crippen LogP contribution in [0, 0.1) is 18.7 Å². The molecule has 0 radical (unpaired) electrons. The minimum Gasteiger partial charge on any atom is -0.369 e. The highest BCUT2D eigenvalue weighted by Crippen LogP contribution is 2.25. The molecule has 1 aliphatic rings. The molecule has 1 aromatic carbocycles. The van der Waals surface area contributed by atoms with Crippen LogP contribution < -0.4 is 5.73 Å². The average molecular weight is 379 g/mol. The number of aryl methyl sites for hydroxylation is 1. The summed E-state index contributed by atoms with van der Waals surface area (Å²) in [5.74, 6) is -1.29. The van der Waals surface area contributed by atoms with Crippen molar-refractivity contribution in [1.29, 1.82) is 0 Å². The second-order valence-electron chi connectivity index (χ2n) is 6.53. The van der Waals surface area contributed by atoms with Crippen molar-refractivity contribution in [3.63, 3.8) is 0 Å². The van der Waals surface area contributed by atoms with E-state index in [1.54, 1.807) is 24.0 Å². The van der Waals surface area contributed by atoms with Crippen LogP contribution in [0.25, 0.3) is 0 Å². The number of piperidine rings is 1. The van der Waals surface area contributed by atoms with E-state index in [1.807, 2.05) is 0 Å². The molecule has 1 atom stereocenters. The molecule has 1 saturated heterocycles. The monoisotopic (exact) mass is 378 g/mol. The maximum absolute atomic E-state index is 13.0. The van der Waals surface area contributed by atoms with E-state index in [0.717, 1.165) is 12.0 Å². The number of rotatable bonds is 4. The second-order valence-corrected chi connectivity index (χ2v) is 6.89. The second kappa shape index (κ2) is 7.45. The van der Waals surface area contributed by atoms with Gasteiger partial charge in [0.05, 0.1) is 23.7 Å². The molecule has 6 nitrogen and oxygen atoms in total. The number of carbonyl (C=O) groups excluding carboxylic acids is 2. The normalized spacial score (nSPS) is 17.3. The van der Waals surface area contributed by atoms with E-state index in [1.165, 1.54) is 16.8 Å². The Morgan fingerprint density at radius 3 is 2.69 bits per heavy atom. The topological polar surface area (TPSA) is 81.2 Å². The standard InChI is InChI=1S/C18H20ClFN4O2/c1-11-15(18(26)23-8-2-3-13(10-23)17(21)25)16(19)24(22-11)9-12-4-6-14(20)7-5-12/h4-7,13H,2-3,8-10H2,1H3,(H2,21,25). The van der Waals surface area contributed by atoms with Crippen LogP contribution in [-0.4, -0.2) is 39.6 Å². The molecule has 2 N–H and O–H groups in total. The Kier molecular flexibility index (Phi) is 5.27. The van der Waals surface area contributed by atoms with Gasteiger partial charge in [-0.05, 0) is 37.5 Å². The van der Waals surface area contributed by atoms with Gasteiger partial charge in [0, 0.05) is 13.1 Å². The van der Waals surface area contributed by atoms with Crippen molar-refractivity contribution >= 4 is 23.4 Å². The summed E-state index contributed by atoms with van der Waals surface area (Å²) < 4.78 is 14.6. The van der Waals surface area contributed by atoms with Crippen LogP contribution in [0.5, 0.6) is 0 Å². The van der Waals surface area contributed by atoms with Gasteiger partial charge in [-0.1, -0.05) is 23.7 Å². The van der Waals surface area contributed by atoms with Gasteiger partial charge in [0.15, 0.2) is 0 Å². The Bertz CT molecular complexity index is 834. The number of aromatic nitrogens is 2. The lowest BCUT2D eigenvalue weighted by molar-refractivity contribution is -0.123. The van der Waals surface area contributed by atoms with Crippen molar-refractivity contribution < 1.29 is 14.0 Å². The zero-order valence-corrected chi connectivity index (χ0v) is 15.2. The molecule has 2 aromatic rings. The number of halogens is 2. The Morgan fingerprint density at radius 1 is 1.35 bits per heavy atom. The number of benzene rings is 1. The number of nitrogens with zero attached hydrogens (tertiary/aromatic N) is 3. The van der Waals surface area contributed by atoms with E-state index >= 15 is 0 Å². The molecule has 0 spiro atoms. The Balaban J connectivity index is 1.82. The summed E-state index contributed by atoms with van der Waals surface area (Å²) in [6.07, 6.45) is 1.41. The highest BCUT2D eigenvalue weighted by molar-refractivity contribution is 6.33. The molecule has 2 amide bonds. The third-order valence-electron chi connectivity index (χ3n) is 4.64. The van der Waals surface area contributed by atoms with Crippen LogP contribution >= 0.6 is 11.6 Å². The number of carbonyl (C=O) groups is 2. The molecular weight excluding hydrogens is 359 g/mol. The third-order valence-corrected chi connectivity index (χ3v) is 5.02. The lowest BCUT2D eigenvalue weighted by atomic mass is 9.97. The molecular formula is C18H20ClFN4O2. The van der Waals surface area contributed by atoms with Crippen LogP contribution in [0.4, 0.5) is 4.39 Å². The van der Waals surface area contributed by atoms with Gasteiger partial charge in [-0.2, -0.15) is 5.10 Å².